The molecular formula is C7H7ClFNO2. The van der Waals surface area contributed by atoms with Crippen molar-refractivity contribution in [2.45, 2.75) is 6.54 Å². The number of rotatable bonds is 2. The lowest BCUT2D eigenvalue weighted by Gasteiger charge is -2.02. The number of phenolic OH excluding ortho intramolecular Hbond substituents is 1. The van der Waals surface area contributed by atoms with Gasteiger partial charge in [-0.15, -0.1) is 0 Å². The van der Waals surface area contributed by atoms with Gasteiger partial charge in [0.1, 0.15) is 0 Å². The third-order valence-electron chi connectivity index (χ3n) is 1.36. The van der Waals surface area contributed by atoms with Gasteiger partial charge in [0.25, 0.3) is 0 Å². The van der Waals surface area contributed by atoms with E-state index in [4.69, 9.17) is 21.9 Å². The summed E-state index contributed by atoms with van der Waals surface area (Å²) in [5, 5.41) is 17.1. The maximum absolute atomic E-state index is 12.7. The van der Waals surface area contributed by atoms with E-state index in [1.807, 2.05) is 5.48 Å². The van der Waals surface area contributed by atoms with Gasteiger partial charge >= 0.3 is 0 Å². The topological polar surface area (TPSA) is 52.5 Å². The molecule has 0 aliphatic carbocycles. The number of halogens is 2. The van der Waals surface area contributed by atoms with Crippen LogP contribution in [-0.2, 0) is 6.54 Å². The van der Waals surface area contributed by atoms with Crippen molar-refractivity contribution in [3.63, 3.8) is 0 Å². The first-order chi connectivity index (χ1) is 5.65. The van der Waals surface area contributed by atoms with E-state index in [1.54, 1.807) is 0 Å². The molecule has 12 heavy (non-hydrogen) atoms. The van der Waals surface area contributed by atoms with Gasteiger partial charge in [-0.25, -0.2) is 9.87 Å². The Bertz CT molecular complexity index is 270. The zero-order valence-electron chi connectivity index (χ0n) is 6.01. The Hall–Kier alpha value is -0.840. The lowest BCUT2D eigenvalue weighted by molar-refractivity contribution is 0.161. The molecule has 0 saturated carbocycles. The van der Waals surface area contributed by atoms with Crippen molar-refractivity contribution >= 4 is 11.6 Å². The number of hydrogen-bond donors (Lipinski definition) is 3. The molecule has 0 aliphatic rings. The molecule has 66 valence electrons. The van der Waals surface area contributed by atoms with Gasteiger partial charge < -0.3 is 10.3 Å². The molecule has 1 rings (SSSR count). The van der Waals surface area contributed by atoms with E-state index in [0.29, 0.717) is 5.56 Å². The van der Waals surface area contributed by atoms with Crippen molar-refractivity contribution in [3.05, 3.63) is 28.5 Å². The summed E-state index contributed by atoms with van der Waals surface area (Å²) in [6.07, 6.45) is 0. The van der Waals surface area contributed by atoms with Gasteiger partial charge in [0.2, 0.25) is 0 Å². The summed E-state index contributed by atoms with van der Waals surface area (Å²) in [7, 11) is 0. The highest BCUT2D eigenvalue weighted by atomic mass is 35.5. The molecule has 0 saturated heterocycles. The first-order valence-corrected chi connectivity index (χ1v) is 3.56. The highest BCUT2D eigenvalue weighted by Crippen LogP contribution is 2.27. The summed E-state index contributed by atoms with van der Waals surface area (Å²) in [6, 6.07) is 2.45. The number of hydrogen-bond acceptors (Lipinski definition) is 3. The fourth-order valence-electron chi connectivity index (χ4n) is 0.811. The fraction of sp³-hybridized carbons (Fsp3) is 0.143. The monoisotopic (exact) mass is 191 g/mol. The SMILES string of the molecule is ONCc1cc(F)c(O)c(Cl)c1. The van der Waals surface area contributed by atoms with E-state index in [-0.39, 0.29) is 11.6 Å². The zero-order valence-corrected chi connectivity index (χ0v) is 6.77. The highest BCUT2D eigenvalue weighted by Gasteiger charge is 2.07. The number of phenols is 1. The maximum Gasteiger partial charge on any atom is 0.170 e. The van der Waals surface area contributed by atoms with E-state index in [2.05, 4.69) is 0 Å². The zero-order chi connectivity index (χ0) is 9.14. The fourth-order valence-corrected chi connectivity index (χ4v) is 1.04. The maximum atomic E-state index is 12.7. The predicted octanol–water partition coefficient (Wildman–Crippen LogP) is 1.66. The van der Waals surface area contributed by atoms with Crippen molar-refractivity contribution in [2.75, 3.05) is 0 Å². The summed E-state index contributed by atoms with van der Waals surface area (Å²) >= 11 is 5.46. The Morgan fingerprint density at radius 3 is 2.67 bits per heavy atom. The Balaban J connectivity index is 3.04. The Kier molecular flexibility index (Phi) is 2.86. The van der Waals surface area contributed by atoms with Gasteiger partial charge in [0.15, 0.2) is 11.6 Å². The van der Waals surface area contributed by atoms with Crippen LogP contribution in [0.5, 0.6) is 5.75 Å². The van der Waals surface area contributed by atoms with Crippen LogP contribution in [0.1, 0.15) is 5.56 Å². The normalized spacial score (nSPS) is 10.2. The van der Waals surface area contributed by atoms with E-state index >= 15 is 0 Å². The molecule has 0 aromatic heterocycles. The molecule has 0 amide bonds. The van der Waals surface area contributed by atoms with Gasteiger partial charge in [0.05, 0.1) is 5.02 Å². The van der Waals surface area contributed by atoms with Crippen molar-refractivity contribution in [1.82, 2.24) is 5.48 Å². The van der Waals surface area contributed by atoms with Gasteiger partial charge in [-0.05, 0) is 17.7 Å². The average molecular weight is 192 g/mol. The number of nitrogens with one attached hydrogen (secondary N) is 1. The smallest absolute Gasteiger partial charge is 0.170 e. The molecule has 3 N–H and O–H groups in total. The molecule has 0 radical (unpaired) electrons. The summed E-state index contributed by atoms with van der Waals surface area (Å²) in [5.41, 5.74) is 2.31. The highest BCUT2D eigenvalue weighted by molar-refractivity contribution is 6.32. The molecule has 0 bridgehead atoms. The molecule has 0 unspecified atom stereocenters. The first-order valence-electron chi connectivity index (χ1n) is 3.19. The van der Waals surface area contributed by atoms with E-state index < -0.39 is 11.6 Å². The second kappa shape index (κ2) is 3.71. The summed E-state index contributed by atoms with van der Waals surface area (Å²) < 4.78 is 12.7. The van der Waals surface area contributed by atoms with Gasteiger partial charge in [-0.1, -0.05) is 11.6 Å². The molecule has 0 atom stereocenters. The first kappa shape index (κ1) is 9.25. The van der Waals surface area contributed by atoms with E-state index in [9.17, 15) is 4.39 Å². The third kappa shape index (κ3) is 1.85. The van der Waals surface area contributed by atoms with Crippen LogP contribution in [0, 0.1) is 5.82 Å². The second-order valence-electron chi connectivity index (χ2n) is 2.24. The summed E-state index contributed by atoms with van der Waals surface area (Å²) in [4.78, 5) is 0. The molecular weight excluding hydrogens is 185 g/mol. The number of benzene rings is 1. The molecule has 0 fully saturated rings. The van der Waals surface area contributed by atoms with Crippen molar-refractivity contribution in [3.8, 4) is 5.75 Å². The standard InChI is InChI=1S/C7H7ClFNO2/c8-5-1-4(3-10-12)2-6(9)7(5)11/h1-2,10-12H,3H2. The van der Waals surface area contributed by atoms with Gasteiger partial charge in [-0.2, -0.15) is 0 Å². The molecule has 0 heterocycles. The molecule has 1 aromatic rings. The molecule has 3 nitrogen and oxygen atoms in total. The Labute approximate surface area is 73.4 Å². The number of hydroxylamine groups is 1. The van der Waals surface area contributed by atoms with Gasteiger partial charge in [-0.3, -0.25) is 0 Å². The Morgan fingerprint density at radius 1 is 1.50 bits per heavy atom. The predicted molar refractivity (Wildman–Crippen MR) is 41.7 cm³/mol. The Morgan fingerprint density at radius 2 is 2.17 bits per heavy atom. The summed E-state index contributed by atoms with van der Waals surface area (Å²) in [5.74, 6) is -1.37. The van der Waals surface area contributed by atoms with Crippen LogP contribution < -0.4 is 5.48 Å². The lowest BCUT2D eigenvalue weighted by Crippen LogP contribution is -2.06. The van der Waals surface area contributed by atoms with Gasteiger partial charge in [0, 0.05) is 6.54 Å². The van der Waals surface area contributed by atoms with Crippen LogP contribution in [0.15, 0.2) is 12.1 Å². The largest absolute Gasteiger partial charge is 0.504 e. The van der Waals surface area contributed by atoms with Crippen molar-refractivity contribution in [1.29, 1.82) is 0 Å². The van der Waals surface area contributed by atoms with E-state index in [1.165, 1.54) is 6.07 Å². The minimum absolute atomic E-state index is 0.0692. The van der Waals surface area contributed by atoms with E-state index in [0.717, 1.165) is 6.07 Å². The third-order valence-corrected chi connectivity index (χ3v) is 1.65. The molecule has 1 aromatic carbocycles. The number of aromatic hydroxyl groups is 1. The van der Waals surface area contributed by atoms with Crippen LogP contribution in [0.3, 0.4) is 0 Å². The molecule has 0 aliphatic heterocycles. The van der Waals surface area contributed by atoms with Crippen molar-refractivity contribution in [2.24, 2.45) is 0 Å². The summed E-state index contributed by atoms with van der Waals surface area (Å²) in [6.45, 7) is 0.0803. The molecule has 0 spiro atoms. The minimum atomic E-state index is -0.798. The quantitative estimate of drug-likeness (QED) is 0.624. The van der Waals surface area contributed by atoms with Crippen molar-refractivity contribution < 1.29 is 14.7 Å². The minimum Gasteiger partial charge on any atom is -0.504 e. The van der Waals surface area contributed by atoms with Crippen LogP contribution in [0.2, 0.25) is 5.02 Å². The second-order valence-corrected chi connectivity index (χ2v) is 2.65. The lowest BCUT2D eigenvalue weighted by atomic mass is 10.2. The average Bonchev–Trinajstić information content (AvgIpc) is 2.01. The van der Waals surface area contributed by atoms with Crippen LogP contribution in [0.4, 0.5) is 4.39 Å². The van der Waals surface area contributed by atoms with Crippen LogP contribution in [-0.4, -0.2) is 10.3 Å². The van der Waals surface area contributed by atoms with Crippen LogP contribution in [0.25, 0.3) is 0 Å². The molecule has 5 heteroatoms. The van der Waals surface area contributed by atoms with Crippen LogP contribution >= 0.6 is 11.6 Å².